The summed E-state index contributed by atoms with van der Waals surface area (Å²) in [5.41, 5.74) is 6.30. The van der Waals surface area contributed by atoms with Gasteiger partial charge < -0.3 is 4.74 Å². The predicted molar refractivity (Wildman–Crippen MR) is 121 cm³/mol. The summed E-state index contributed by atoms with van der Waals surface area (Å²) in [7, 11) is 1.39. The van der Waals surface area contributed by atoms with Gasteiger partial charge in [0.25, 0.3) is 0 Å². The molecular weight excluding hydrogens is 374 g/mol. The van der Waals surface area contributed by atoms with Gasteiger partial charge in [-0.05, 0) is 68.8 Å². The van der Waals surface area contributed by atoms with Crippen LogP contribution < -0.4 is 0 Å². The minimum absolute atomic E-state index is 0.329. The van der Waals surface area contributed by atoms with E-state index in [9.17, 15) is 4.79 Å². The fourth-order valence-electron chi connectivity index (χ4n) is 4.41. The van der Waals surface area contributed by atoms with Crippen LogP contribution in [0.2, 0.25) is 0 Å². The Bertz CT molecular complexity index is 867. The van der Waals surface area contributed by atoms with Crippen LogP contribution in [-0.2, 0) is 22.5 Å². The minimum Gasteiger partial charge on any atom is -0.466 e. The highest BCUT2D eigenvalue weighted by atomic mass is 16.5. The van der Waals surface area contributed by atoms with Gasteiger partial charge >= 0.3 is 5.97 Å². The van der Waals surface area contributed by atoms with Gasteiger partial charge in [0.15, 0.2) is 0 Å². The second kappa shape index (κ2) is 10.6. The summed E-state index contributed by atoms with van der Waals surface area (Å²) in [6.45, 7) is 9.82. The number of carbonyl (C=O) groups is 1. The number of likely N-dealkylation sites (tertiary alicyclic amines) is 1. The lowest BCUT2D eigenvalue weighted by Gasteiger charge is -2.25. The van der Waals surface area contributed by atoms with Gasteiger partial charge in [-0.3, -0.25) is 9.58 Å². The van der Waals surface area contributed by atoms with E-state index in [0.717, 1.165) is 31.6 Å². The molecule has 0 N–H and O–H groups in total. The Morgan fingerprint density at radius 2 is 2.00 bits per heavy atom. The van der Waals surface area contributed by atoms with E-state index in [2.05, 4.69) is 59.4 Å². The lowest BCUT2D eigenvalue weighted by molar-refractivity contribution is -0.134. The highest BCUT2D eigenvalue weighted by molar-refractivity contribution is 5.86. The zero-order valence-corrected chi connectivity index (χ0v) is 18.9. The van der Waals surface area contributed by atoms with E-state index in [-0.39, 0.29) is 5.97 Å². The number of carbonyl (C=O) groups excluding carboxylic acids is 1. The number of ether oxygens (including phenoxy) is 1. The zero-order chi connectivity index (χ0) is 21.5. The molecule has 2 heterocycles. The van der Waals surface area contributed by atoms with Gasteiger partial charge in [0, 0.05) is 30.9 Å². The van der Waals surface area contributed by atoms with Crippen molar-refractivity contribution in [2.75, 3.05) is 20.2 Å². The van der Waals surface area contributed by atoms with Crippen LogP contribution >= 0.6 is 0 Å². The smallest absolute Gasteiger partial charge is 0.330 e. The van der Waals surface area contributed by atoms with E-state index >= 15 is 0 Å². The number of hydrogen-bond acceptors (Lipinski definition) is 4. The Morgan fingerprint density at radius 3 is 2.70 bits per heavy atom. The first-order valence-electron chi connectivity index (χ1n) is 11.2. The maximum absolute atomic E-state index is 11.3. The summed E-state index contributed by atoms with van der Waals surface area (Å²) in [6, 6.07) is 9.02. The van der Waals surface area contributed by atoms with E-state index in [1.54, 1.807) is 6.08 Å². The van der Waals surface area contributed by atoms with Crippen LogP contribution in [0.1, 0.15) is 66.7 Å². The number of nitrogens with zero attached hydrogens (tertiary/aromatic N) is 3. The molecule has 30 heavy (non-hydrogen) atoms. The molecule has 0 amide bonds. The van der Waals surface area contributed by atoms with Crippen LogP contribution in [0.3, 0.4) is 0 Å². The van der Waals surface area contributed by atoms with Crippen molar-refractivity contribution in [1.29, 1.82) is 0 Å². The molecule has 1 fully saturated rings. The quantitative estimate of drug-likeness (QED) is 0.438. The van der Waals surface area contributed by atoms with Crippen molar-refractivity contribution in [3.63, 3.8) is 0 Å². The summed E-state index contributed by atoms with van der Waals surface area (Å²) in [4.78, 5) is 13.9. The van der Waals surface area contributed by atoms with E-state index in [0.29, 0.717) is 6.04 Å². The van der Waals surface area contributed by atoms with Crippen molar-refractivity contribution >= 4 is 12.0 Å². The van der Waals surface area contributed by atoms with Gasteiger partial charge in [-0.2, -0.15) is 5.10 Å². The summed E-state index contributed by atoms with van der Waals surface area (Å²) in [6.07, 6.45) is 9.13. The maximum Gasteiger partial charge on any atom is 0.330 e. The number of esters is 1. The van der Waals surface area contributed by atoms with E-state index in [1.165, 1.54) is 61.4 Å². The molecule has 2 aromatic rings. The SMILES string of the molecule is CCCCn1nc(C)c(CCN2CCC[C@H]2c2ccc(/C=C/C(=O)OC)cc2)c1C. The summed E-state index contributed by atoms with van der Waals surface area (Å²) in [5.74, 6) is -0.329. The molecule has 0 unspecified atom stereocenters. The third-order valence-corrected chi connectivity index (χ3v) is 6.20. The molecule has 1 aliphatic heterocycles. The lowest BCUT2D eigenvalue weighted by atomic mass is 10.0. The number of hydrogen-bond donors (Lipinski definition) is 0. The minimum atomic E-state index is -0.329. The van der Waals surface area contributed by atoms with Gasteiger partial charge in [-0.25, -0.2) is 4.79 Å². The molecule has 0 bridgehead atoms. The van der Waals surface area contributed by atoms with E-state index in [1.807, 2.05) is 0 Å². The van der Waals surface area contributed by atoms with Crippen LogP contribution in [0.5, 0.6) is 0 Å². The number of methoxy groups -OCH3 is 1. The zero-order valence-electron chi connectivity index (χ0n) is 18.9. The van der Waals surface area contributed by atoms with Gasteiger partial charge in [-0.1, -0.05) is 37.6 Å². The molecule has 1 atom stereocenters. The number of unbranched alkanes of at least 4 members (excludes halogenated alkanes) is 1. The molecule has 0 radical (unpaired) electrons. The van der Waals surface area contributed by atoms with Gasteiger partial charge in [-0.15, -0.1) is 0 Å². The lowest BCUT2D eigenvalue weighted by Crippen LogP contribution is -2.26. The average molecular weight is 410 g/mol. The Labute approximate surface area is 180 Å². The molecule has 0 spiro atoms. The molecule has 3 rings (SSSR count). The first-order valence-corrected chi connectivity index (χ1v) is 11.2. The van der Waals surface area contributed by atoms with Crippen LogP contribution in [0.4, 0.5) is 0 Å². The largest absolute Gasteiger partial charge is 0.466 e. The monoisotopic (exact) mass is 409 g/mol. The normalized spacial score (nSPS) is 17.1. The second-order valence-corrected chi connectivity index (χ2v) is 8.19. The first kappa shape index (κ1) is 22.3. The van der Waals surface area contributed by atoms with Gasteiger partial charge in [0.2, 0.25) is 0 Å². The van der Waals surface area contributed by atoms with E-state index in [4.69, 9.17) is 5.10 Å². The summed E-state index contributed by atoms with van der Waals surface area (Å²) in [5, 5.41) is 4.77. The number of benzene rings is 1. The Kier molecular flexibility index (Phi) is 7.86. The van der Waals surface area contributed by atoms with Crippen molar-refractivity contribution in [1.82, 2.24) is 14.7 Å². The fraction of sp³-hybridized carbons (Fsp3) is 0.520. The van der Waals surface area contributed by atoms with Crippen LogP contribution in [0.15, 0.2) is 30.3 Å². The Morgan fingerprint density at radius 1 is 1.23 bits per heavy atom. The highest BCUT2D eigenvalue weighted by Gasteiger charge is 2.26. The molecular formula is C25H35N3O2. The second-order valence-electron chi connectivity index (χ2n) is 8.19. The maximum atomic E-state index is 11.3. The van der Waals surface area contributed by atoms with Crippen molar-refractivity contribution in [3.05, 3.63) is 58.4 Å². The number of aromatic nitrogens is 2. The first-order chi connectivity index (χ1) is 14.5. The molecule has 5 heteroatoms. The third-order valence-electron chi connectivity index (χ3n) is 6.20. The topological polar surface area (TPSA) is 47.4 Å². The predicted octanol–water partition coefficient (Wildman–Crippen LogP) is 4.87. The van der Waals surface area contributed by atoms with Crippen molar-refractivity contribution < 1.29 is 9.53 Å². The fourth-order valence-corrected chi connectivity index (χ4v) is 4.41. The summed E-state index contributed by atoms with van der Waals surface area (Å²) < 4.78 is 6.84. The Hall–Kier alpha value is -2.40. The summed E-state index contributed by atoms with van der Waals surface area (Å²) >= 11 is 0. The average Bonchev–Trinajstić information content (AvgIpc) is 3.33. The van der Waals surface area contributed by atoms with Crippen LogP contribution in [-0.4, -0.2) is 40.8 Å². The highest BCUT2D eigenvalue weighted by Crippen LogP contribution is 2.32. The molecule has 1 saturated heterocycles. The molecule has 0 aliphatic carbocycles. The molecule has 1 aromatic carbocycles. The molecule has 162 valence electrons. The standard InChI is InChI=1S/C25H35N3O2/c1-5-6-17-28-20(3)23(19(2)26-28)15-18-27-16-7-8-24(27)22-12-9-21(10-13-22)11-14-25(29)30-4/h9-14,24H,5-8,15-18H2,1-4H3/b14-11+/t24-/m0/s1. The van der Waals surface area contributed by atoms with Crippen LogP contribution in [0.25, 0.3) is 6.08 Å². The van der Waals surface area contributed by atoms with Crippen molar-refractivity contribution in [3.8, 4) is 0 Å². The molecule has 1 aromatic heterocycles. The molecule has 0 saturated carbocycles. The number of aryl methyl sites for hydroxylation is 2. The molecule has 1 aliphatic rings. The van der Waals surface area contributed by atoms with E-state index < -0.39 is 0 Å². The number of rotatable bonds is 9. The van der Waals surface area contributed by atoms with Crippen LogP contribution in [0, 0.1) is 13.8 Å². The van der Waals surface area contributed by atoms with Gasteiger partial charge in [0.05, 0.1) is 12.8 Å². The van der Waals surface area contributed by atoms with Crippen molar-refractivity contribution in [2.24, 2.45) is 0 Å². The Balaban J connectivity index is 1.63. The van der Waals surface area contributed by atoms with Crippen molar-refractivity contribution in [2.45, 2.75) is 65.5 Å². The molecule has 5 nitrogen and oxygen atoms in total. The van der Waals surface area contributed by atoms with Gasteiger partial charge in [0.1, 0.15) is 0 Å². The third kappa shape index (κ3) is 5.39.